The predicted molar refractivity (Wildman–Crippen MR) is 144 cm³/mol. The van der Waals surface area contributed by atoms with Gasteiger partial charge in [0.25, 0.3) is 11.8 Å². The van der Waals surface area contributed by atoms with Crippen molar-refractivity contribution in [2.75, 3.05) is 24.2 Å². The van der Waals surface area contributed by atoms with Crippen LogP contribution >= 0.6 is 23.1 Å². The topological polar surface area (TPSA) is 75.2 Å². The van der Waals surface area contributed by atoms with Crippen molar-refractivity contribution in [1.29, 1.82) is 0 Å². The van der Waals surface area contributed by atoms with Crippen molar-refractivity contribution in [1.82, 2.24) is 14.9 Å². The van der Waals surface area contributed by atoms with Crippen LogP contribution < -0.4 is 5.32 Å². The van der Waals surface area contributed by atoms with Gasteiger partial charge in [0.05, 0.1) is 10.6 Å². The fraction of sp³-hybridized carbons (Fsp3) is 0.259. The number of hydrogen-bond acceptors (Lipinski definition) is 6. The van der Waals surface area contributed by atoms with Crippen LogP contribution in [-0.2, 0) is 0 Å². The van der Waals surface area contributed by atoms with Gasteiger partial charge in [0.1, 0.15) is 10.7 Å². The molecule has 35 heavy (non-hydrogen) atoms. The van der Waals surface area contributed by atoms with Gasteiger partial charge in [0.15, 0.2) is 0 Å². The number of thiazole rings is 1. The summed E-state index contributed by atoms with van der Waals surface area (Å²) in [5, 5.41) is 6.45. The Morgan fingerprint density at radius 1 is 1.20 bits per heavy atom. The van der Waals surface area contributed by atoms with Crippen LogP contribution in [0, 0.1) is 0 Å². The minimum Gasteiger partial charge on any atom is -0.339 e. The molecule has 1 aliphatic rings. The molecule has 1 fully saturated rings. The third kappa shape index (κ3) is 5.89. The number of carbonyl (C=O) groups excluding carboxylic acids is 2. The molecule has 0 atom stereocenters. The summed E-state index contributed by atoms with van der Waals surface area (Å²) in [6.07, 6.45) is 5.14. The molecule has 0 saturated carbocycles. The van der Waals surface area contributed by atoms with Gasteiger partial charge >= 0.3 is 0 Å². The van der Waals surface area contributed by atoms with E-state index in [1.54, 1.807) is 18.3 Å². The number of likely N-dealkylation sites (tertiary alicyclic amines) is 1. The maximum atomic E-state index is 13.1. The number of rotatable bonds is 8. The summed E-state index contributed by atoms with van der Waals surface area (Å²) in [7, 11) is 0. The third-order valence-corrected chi connectivity index (χ3v) is 7.87. The first-order valence-corrected chi connectivity index (χ1v) is 13.3. The molecule has 0 spiro atoms. The summed E-state index contributed by atoms with van der Waals surface area (Å²) in [4.78, 5) is 36.9. The van der Waals surface area contributed by atoms with Crippen LogP contribution in [-0.4, -0.2) is 45.5 Å². The van der Waals surface area contributed by atoms with E-state index in [0.717, 1.165) is 39.7 Å². The number of thioether (sulfide) groups is 1. The molecule has 3 aromatic rings. The van der Waals surface area contributed by atoms with E-state index in [1.807, 2.05) is 47.5 Å². The molecule has 1 aliphatic heterocycles. The molecule has 8 heteroatoms. The lowest BCUT2D eigenvalue weighted by molar-refractivity contribution is 0.0708. The van der Waals surface area contributed by atoms with Crippen LogP contribution in [0.25, 0.3) is 5.57 Å². The SMILES string of the molecule is C=CCSc1ncccc1C(=O)N1CCC(c2nc(C(=O)Nc3ccccc3C(=C)C)cs2)CC1. The van der Waals surface area contributed by atoms with E-state index < -0.39 is 0 Å². The molecular formula is C27H28N4O2S2. The zero-order valence-corrected chi connectivity index (χ0v) is 21.3. The van der Waals surface area contributed by atoms with Crippen LogP contribution in [0.3, 0.4) is 0 Å². The summed E-state index contributed by atoms with van der Waals surface area (Å²) in [6, 6.07) is 11.3. The first-order valence-electron chi connectivity index (χ1n) is 11.5. The Labute approximate surface area is 214 Å². The molecule has 4 rings (SSSR count). The predicted octanol–water partition coefficient (Wildman–Crippen LogP) is 6.12. The molecule has 0 unspecified atom stereocenters. The first-order chi connectivity index (χ1) is 17.0. The number of anilines is 1. The maximum Gasteiger partial charge on any atom is 0.275 e. The molecule has 180 valence electrons. The van der Waals surface area contributed by atoms with Gasteiger partial charge in [-0.05, 0) is 43.5 Å². The van der Waals surface area contributed by atoms with Crippen LogP contribution in [0.2, 0.25) is 0 Å². The fourth-order valence-corrected chi connectivity index (χ4v) is 5.73. The van der Waals surface area contributed by atoms with Crippen molar-refractivity contribution in [3.05, 3.63) is 89.0 Å². The van der Waals surface area contributed by atoms with Gasteiger partial charge in [0.2, 0.25) is 0 Å². The maximum absolute atomic E-state index is 13.1. The average Bonchev–Trinajstić information content (AvgIpc) is 3.38. The minimum atomic E-state index is -0.227. The summed E-state index contributed by atoms with van der Waals surface area (Å²) < 4.78 is 0. The number of piperidine rings is 1. The monoisotopic (exact) mass is 504 g/mol. The Bertz CT molecular complexity index is 1250. The highest BCUT2D eigenvalue weighted by atomic mass is 32.2. The van der Waals surface area contributed by atoms with E-state index >= 15 is 0 Å². The average molecular weight is 505 g/mol. The summed E-state index contributed by atoms with van der Waals surface area (Å²) >= 11 is 3.02. The highest BCUT2D eigenvalue weighted by Crippen LogP contribution is 2.32. The number of hydrogen-bond donors (Lipinski definition) is 1. The zero-order valence-electron chi connectivity index (χ0n) is 19.7. The Morgan fingerprint density at radius 2 is 1.94 bits per heavy atom. The number of amides is 2. The van der Waals surface area contributed by atoms with Crippen molar-refractivity contribution >= 4 is 46.2 Å². The van der Waals surface area contributed by atoms with Gasteiger partial charge in [-0.25, -0.2) is 9.97 Å². The Kier molecular flexibility index (Phi) is 8.15. The highest BCUT2D eigenvalue weighted by Gasteiger charge is 2.28. The second-order valence-corrected chi connectivity index (χ2v) is 10.3. The number of aromatic nitrogens is 2. The molecule has 0 radical (unpaired) electrons. The highest BCUT2D eigenvalue weighted by molar-refractivity contribution is 7.99. The lowest BCUT2D eigenvalue weighted by Gasteiger charge is -2.31. The van der Waals surface area contributed by atoms with Gasteiger partial charge in [0, 0.05) is 47.6 Å². The zero-order chi connectivity index (χ0) is 24.8. The largest absolute Gasteiger partial charge is 0.339 e. The van der Waals surface area contributed by atoms with Crippen molar-refractivity contribution in [2.24, 2.45) is 0 Å². The van der Waals surface area contributed by atoms with Gasteiger partial charge < -0.3 is 10.2 Å². The third-order valence-electron chi connectivity index (χ3n) is 5.86. The molecular weight excluding hydrogens is 476 g/mol. The van der Waals surface area contributed by atoms with E-state index in [4.69, 9.17) is 0 Å². The minimum absolute atomic E-state index is 0.0125. The lowest BCUT2D eigenvalue weighted by atomic mass is 9.97. The summed E-state index contributed by atoms with van der Waals surface area (Å²) in [5.74, 6) is 0.725. The van der Waals surface area contributed by atoms with Gasteiger partial charge in [-0.2, -0.15) is 0 Å². The van der Waals surface area contributed by atoms with Gasteiger partial charge in [-0.15, -0.1) is 29.7 Å². The number of allylic oxidation sites excluding steroid dienone is 1. The van der Waals surface area contributed by atoms with E-state index in [1.165, 1.54) is 23.1 Å². The summed E-state index contributed by atoms with van der Waals surface area (Å²) in [6.45, 7) is 10.9. The van der Waals surface area contributed by atoms with E-state index in [9.17, 15) is 9.59 Å². The molecule has 3 heterocycles. The summed E-state index contributed by atoms with van der Waals surface area (Å²) in [5.41, 5.74) is 3.58. The molecule has 6 nitrogen and oxygen atoms in total. The van der Waals surface area contributed by atoms with Crippen molar-refractivity contribution in [2.45, 2.75) is 30.7 Å². The number of pyridine rings is 1. The number of benzene rings is 1. The second kappa shape index (κ2) is 11.5. The fourth-order valence-electron chi connectivity index (χ4n) is 4.04. The van der Waals surface area contributed by atoms with Crippen LogP contribution in [0.4, 0.5) is 5.69 Å². The first kappa shape index (κ1) is 24.9. The van der Waals surface area contributed by atoms with Crippen molar-refractivity contribution in [3.8, 4) is 0 Å². The number of carbonyl (C=O) groups is 2. The molecule has 0 bridgehead atoms. The van der Waals surface area contributed by atoms with E-state index in [0.29, 0.717) is 30.1 Å². The van der Waals surface area contributed by atoms with Crippen molar-refractivity contribution < 1.29 is 9.59 Å². The second-order valence-electron chi connectivity index (χ2n) is 8.37. The van der Waals surface area contributed by atoms with Crippen LogP contribution in [0.15, 0.2) is 72.2 Å². The van der Waals surface area contributed by atoms with E-state index in [2.05, 4.69) is 28.4 Å². The Morgan fingerprint density at radius 3 is 2.69 bits per heavy atom. The molecule has 2 aromatic heterocycles. The molecule has 0 aliphatic carbocycles. The van der Waals surface area contributed by atoms with E-state index in [-0.39, 0.29) is 17.7 Å². The molecule has 1 N–H and O–H groups in total. The van der Waals surface area contributed by atoms with Gasteiger partial charge in [-0.1, -0.05) is 30.9 Å². The van der Waals surface area contributed by atoms with Crippen LogP contribution in [0.5, 0.6) is 0 Å². The number of nitrogens with zero attached hydrogens (tertiary/aromatic N) is 3. The van der Waals surface area contributed by atoms with Crippen LogP contribution in [0.1, 0.15) is 57.1 Å². The Balaban J connectivity index is 1.38. The molecule has 1 aromatic carbocycles. The normalized spacial score (nSPS) is 13.9. The van der Waals surface area contributed by atoms with Crippen molar-refractivity contribution in [3.63, 3.8) is 0 Å². The lowest BCUT2D eigenvalue weighted by Crippen LogP contribution is -2.38. The van der Waals surface area contributed by atoms with Gasteiger partial charge in [-0.3, -0.25) is 9.59 Å². The number of nitrogens with one attached hydrogen (secondary N) is 1. The smallest absolute Gasteiger partial charge is 0.275 e. The number of para-hydroxylation sites is 1. The Hall–Kier alpha value is -3.23. The molecule has 1 saturated heterocycles. The molecule has 2 amide bonds. The standard InChI is InChI=1S/C27H28N4O2S2/c1-4-16-34-26-21(9-7-13-28-26)27(33)31-14-11-19(12-15-31)25-30-23(17-35-25)24(32)29-22-10-6-5-8-20(22)18(2)3/h4-10,13,17,19H,1-2,11-12,14-16H2,3H3,(H,29,32). The quantitative estimate of drug-likeness (QED) is 0.295.